The Balaban J connectivity index is 1.95. The number of hydrogen-bond donors (Lipinski definition) is 1. The van der Waals surface area contributed by atoms with Gasteiger partial charge in [-0.2, -0.15) is 4.98 Å². The highest BCUT2D eigenvalue weighted by Gasteiger charge is 2.25. The average molecular weight is 344 g/mol. The lowest BCUT2D eigenvalue weighted by molar-refractivity contribution is 0.195. The molecule has 0 radical (unpaired) electrons. The molecule has 4 rings (SSSR count). The fourth-order valence-corrected chi connectivity index (χ4v) is 5.37. The van der Waals surface area contributed by atoms with E-state index in [4.69, 9.17) is 14.8 Å². The maximum absolute atomic E-state index is 9.04. The van der Waals surface area contributed by atoms with E-state index in [9.17, 15) is 0 Å². The maximum Gasteiger partial charge on any atom is 0.220 e. The van der Waals surface area contributed by atoms with Crippen molar-refractivity contribution in [2.75, 3.05) is 19.0 Å². The standard InChI is InChI=1S/C17H16N2O2S2/c1-10-18-14-12(17(19-10)21-8-7-20)6-9-22-15-11-4-2-3-5-13(11)23-16(14)15/h2-5,20H,6-9H2,1H3. The van der Waals surface area contributed by atoms with E-state index in [2.05, 4.69) is 29.2 Å². The van der Waals surface area contributed by atoms with Crippen LogP contribution in [0, 0.1) is 6.92 Å². The highest BCUT2D eigenvalue weighted by molar-refractivity contribution is 7.99. The van der Waals surface area contributed by atoms with E-state index in [0.717, 1.165) is 23.4 Å². The van der Waals surface area contributed by atoms with Crippen LogP contribution in [0.4, 0.5) is 0 Å². The Bertz CT molecular complexity index is 876. The van der Waals surface area contributed by atoms with Gasteiger partial charge in [0.1, 0.15) is 12.4 Å². The Morgan fingerprint density at radius 3 is 3.00 bits per heavy atom. The number of ether oxygens (including phenoxy) is 1. The first kappa shape index (κ1) is 14.9. The lowest BCUT2D eigenvalue weighted by atomic mass is 10.1. The van der Waals surface area contributed by atoms with Crippen molar-refractivity contribution in [3.05, 3.63) is 35.7 Å². The number of aryl methyl sites for hydroxylation is 1. The molecule has 2 aromatic heterocycles. The first-order valence-corrected chi connectivity index (χ1v) is 9.34. The van der Waals surface area contributed by atoms with E-state index in [1.807, 2.05) is 18.7 Å². The highest BCUT2D eigenvalue weighted by Crippen LogP contribution is 2.47. The number of benzene rings is 1. The Hall–Kier alpha value is -1.63. The second kappa shape index (κ2) is 6.11. The molecule has 0 bridgehead atoms. The van der Waals surface area contributed by atoms with Crippen LogP contribution in [0.1, 0.15) is 11.4 Å². The van der Waals surface area contributed by atoms with E-state index in [1.165, 1.54) is 19.9 Å². The number of thioether (sulfide) groups is 1. The second-order valence-electron chi connectivity index (χ2n) is 5.33. The van der Waals surface area contributed by atoms with Crippen molar-refractivity contribution >= 4 is 33.2 Å². The molecule has 0 aliphatic carbocycles. The van der Waals surface area contributed by atoms with E-state index in [0.29, 0.717) is 11.7 Å². The van der Waals surface area contributed by atoms with Gasteiger partial charge in [0.05, 0.1) is 17.2 Å². The van der Waals surface area contributed by atoms with Crippen LogP contribution in [0.3, 0.4) is 0 Å². The summed E-state index contributed by atoms with van der Waals surface area (Å²) in [5.41, 5.74) is 2.05. The molecule has 118 valence electrons. The van der Waals surface area contributed by atoms with Crippen molar-refractivity contribution in [3.63, 3.8) is 0 Å². The second-order valence-corrected chi connectivity index (χ2v) is 7.49. The molecule has 3 aromatic rings. The van der Waals surface area contributed by atoms with Gasteiger partial charge in [0.25, 0.3) is 0 Å². The van der Waals surface area contributed by atoms with Gasteiger partial charge in [-0.15, -0.1) is 23.1 Å². The average Bonchev–Trinajstić information content (AvgIpc) is 2.83. The van der Waals surface area contributed by atoms with Crippen LogP contribution < -0.4 is 4.74 Å². The Labute approximate surface area is 142 Å². The summed E-state index contributed by atoms with van der Waals surface area (Å²) in [5, 5.41) is 10.3. The molecular weight excluding hydrogens is 328 g/mol. The summed E-state index contributed by atoms with van der Waals surface area (Å²) in [6, 6.07) is 8.50. The van der Waals surface area contributed by atoms with Crippen LogP contribution in [0.5, 0.6) is 5.88 Å². The largest absolute Gasteiger partial charge is 0.475 e. The van der Waals surface area contributed by atoms with Gasteiger partial charge in [0, 0.05) is 26.3 Å². The molecule has 4 nitrogen and oxygen atoms in total. The van der Waals surface area contributed by atoms with E-state index >= 15 is 0 Å². The topological polar surface area (TPSA) is 55.2 Å². The molecule has 23 heavy (non-hydrogen) atoms. The zero-order valence-corrected chi connectivity index (χ0v) is 14.3. The van der Waals surface area contributed by atoms with Crippen LogP contribution in [0.2, 0.25) is 0 Å². The van der Waals surface area contributed by atoms with Crippen molar-refractivity contribution in [1.82, 2.24) is 9.97 Å². The van der Waals surface area contributed by atoms with Crippen molar-refractivity contribution < 1.29 is 9.84 Å². The van der Waals surface area contributed by atoms with Crippen LogP contribution in [0.25, 0.3) is 20.7 Å². The highest BCUT2D eigenvalue weighted by atomic mass is 32.2. The molecule has 1 aromatic carbocycles. The van der Waals surface area contributed by atoms with Gasteiger partial charge in [-0.05, 0) is 19.4 Å². The molecule has 0 saturated carbocycles. The summed E-state index contributed by atoms with van der Waals surface area (Å²) >= 11 is 3.66. The Morgan fingerprint density at radius 2 is 2.13 bits per heavy atom. The minimum Gasteiger partial charge on any atom is -0.475 e. The van der Waals surface area contributed by atoms with E-state index < -0.39 is 0 Å². The number of aliphatic hydroxyl groups excluding tert-OH is 1. The van der Waals surface area contributed by atoms with Gasteiger partial charge in [0.15, 0.2) is 0 Å². The molecule has 1 aliphatic heterocycles. The molecule has 0 amide bonds. The lowest BCUT2D eigenvalue weighted by Crippen LogP contribution is -2.09. The quantitative estimate of drug-likeness (QED) is 0.785. The molecule has 0 atom stereocenters. The number of fused-ring (bicyclic) bond motifs is 5. The van der Waals surface area contributed by atoms with Gasteiger partial charge in [-0.1, -0.05) is 18.2 Å². The van der Waals surface area contributed by atoms with Crippen molar-refractivity contribution in [2.45, 2.75) is 18.2 Å². The first-order valence-electron chi connectivity index (χ1n) is 7.54. The van der Waals surface area contributed by atoms with E-state index in [-0.39, 0.29) is 13.2 Å². The monoisotopic (exact) mass is 344 g/mol. The predicted molar refractivity (Wildman–Crippen MR) is 94.6 cm³/mol. The summed E-state index contributed by atoms with van der Waals surface area (Å²) in [7, 11) is 0. The number of nitrogens with zero attached hydrogens (tertiary/aromatic N) is 2. The number of aliphatic hydroxyl groups is 1. The first-order chi connectivity index (χ1) is 11.3. The maximum atomic E-state index is 9.04. The molecular formula is C17H16N2O2S2. The molecule has 0 fully saturated rings. The predicted octanol–water partition coefficient (Wildman–Crippen LogP) is 3.69. The number of aromatic nitrogens is 2. The number of thiophene rings is 1. The summed E-state index contributed by atoms with van der Waals surface area (Å²) < 4.78 is 6.96. The van der Waals surface area contributed by atoms with Gasteiger partial charge in [0.2, 0.25) is 5.88 Å². The molecule has 6 heteroatoms. The van der Waals surface area contributed by atoms with Gasteiger partial charge in [-0.3, -0.25) is 0 Å². The lowest BCUT2D eigenvalue weighted by Gasteiger charge is -2.12. The Morgan fingerprint density at radius 1 is 1.26 bits per heavy atom. The van der Waals surface area contributed by atoms with Gasteiger partial charge < -0.3 is 9.84 Å². The van der Waals surface area contributed by atoms with Crippen LogP contribution >= 0.6 is 23.1 Å². The van der Waals surface area contributed by atoms with Crippen LogP contribution in [-0.2, 0) is 6.42 Å². The minimum atomic E-state index is -0.0132. The molecule has 1 aliphatic rings. The van der Waals surface area contributed by atoms with Crippen LogP contribution in [0.15, 0.2) is 29.2 Å². The fraction of sp³-hybridized carbons (Fsp3) is 0.294. The van der Waals surface area contributed by atoms with E-state index in [1.54, 1.807) is 11.3 Å². The van der Waals surface area contributed by atoms with Crippen molar-refractivity contribution in [2.24, 2.45) is 0 Å². The number of hydrogen-bond acceptors (Lipinski definition) is 6. The van der Waals surface area contributed by atoms with Gasteiger partial charge >= 0.3 is 0 Å². The van der Waals surface area contributed by atoms with Crippen molar-refractivity contribution in [3.8, 4) is 16.5 Å². The zero-order valence-electron chi connectivity index (χ0n) is 12.7. The number of rotatable bonds is 3. The van der Waals surface area contributed by atoms with Crippen molar-refractivity contribution in [1.29, 1.82) is 0 Å². The SMILES string of the molecule is Cc1nc(OCCO)c2c(n1)-c1sc3ccccc3c1SCC2. The summed E-state index contributed by atoms with van der Waals surface area (Å²) in [4.78, 5) is 11.7. The third-order valence-electron chi connectivity index (χ3n) is 3.77. The van der Waals surface area contributed by atoms with Crippen LogP contribution in [-0.4, -0.2) is 34.0 Å². The third kappa shape index (κ3) is 2.60. The zero-order chi connectivity index (χ0) is 15.8. The fourth-order valence-electron chi connectivity index (χ4n) is 2.82. The Kier molecular flexibility index (Phi) is 3.97. The summed E-state index contributed by atoms with van der Waals surface area (Å²) in [6.45, 7) is 2.13. The normalized spacial score (nSPS) is 13.5. The minimum absolute atomic E-state index is 0.0132. The third-order valence-corrected chi connectivity index (χ3v) is 6.20. The molecule has 0 saturated heterocycles. The molecule has 1 N–H and O–H groups in total. The molecule has 0 unspecified atom stereocenters. The summed E-state index contributed by atoms with van der Waals surface area (Å²) in [5.74, 6) is 2.29. The molecule has 3 heterocycles. The molecule has 0 spiro atoms. The smallest absolute Gasteiger partial charge is 0.220 e. The van der Waals surface area contributed by atoms with Gasteiger partial charge in [-0.25, -0.2) is 4.98 Å². The summed E-state index contributed by atoms with van der Waals surface area (Å²) in [6.07, 6.45) is 0.872.